The van der Waals surface area contributed by atoms with Gasteiger partial charge < -0.3 is 10.2 Å². The van der Waals surface area contributed by atoms with Gasteiger partial charge in [0, 0.05) is 0 Å². The Bertz CT molecular complexity index is 541. The minimum atomic E-state index is -2.57. The van der Waals surface area contributed by atoms with E-state index in [1.54, 1.807) is 0 Å². The Kier molecular flexibility index (Phi) is 6.34. The van der Waals surface area contributed by atoms with Crippen molar-refractivity contribution in [1.29, 1.82) is 0 Å². The van der Waals surface area contributed by atoms with Crippen molar-refractivity contribution < 1.29 is 9.22 Å². The average Bonchev–Trinajstić information content (AvgIpc) is 2.41. The molecule has 0 spiro atoms. The molecular weight excluding hydrogens is 326 g/mol. The van der Waals surface area contributed by atoms with Gasteiger partial charge in [-0.1, -0.05) is 92.6 Å². The first-order valence-electron chi connectivity index (χ1n) is 9.16. The summed E-state index contributed by atoms with van der Waals surface area (Å²) in [4.78, 5) is 13.0. The highest BCUT2D eigenvalue weighted by molar-refractivity contribution is 6.83. The Morgan fingerprint density at radius 2 is 1.32 bits per heavy atom. The molecular formula is C21H37NO2Si. The van der Waals surface area contributed by atoms with Gasteiger partial charge in [0.2, 0.25) is 0 Å². The zero-order chi connectivity index (χ0) is 19.7. The summed E-state index contributed by atoms with van der Waals surface area (Å²) in [5.41, 5.74) is 7.29. The van der Waals surface area contributed by atoms with Crippen LogP contribution in [-0.2, 0) is 15.6 Å². The third-order valence-electron chi connectivity index (χ3n) is 5.02. The molecule has 0 fully saturated rings. The van der Waals surface area contributed by atoms with E-state index in [0.717, 1.165) is 5.56 Å². The lowest BCUT2D eigenvalue weighted by atomic mass is 10.1. The fourth-order valence-corrected chi connectivity index (χ4v) is 13.1. The molecule has 0 radical (unpaired) electrons. The third-order valence-corrected chi connectivity index (χ3v) is 11.9. The van der Waals surface area contributed by atoms with Gasteiger partial charge >= 0.3 is 5.97 Å². The Labute approximate surface area is 155 Å². The number of carbonyl (C=O) groups excluding carboxylic acids is 1. The second-order valence-electron chi connectivity index (χ2n) is 10.1. The van der Waals surface area contributed by atoms with E-state index in [4.69, 9.17) is 10.2 Å². The maximum atomic E-state index is 13.0. The van der Waals surface area contributed by atoms with Gasteiger partial charge in [0.25, 0.3) is 8.32 Å². The number of benzene rings is 1. The second-order valence-corrected chi connectivity index (χ2v) is 16.2. The standard InChI is InChI=1S/C21H37NO2Si/c1-19(2,3)25(20(4,5)6,21(7,8)9)24-18(23)17(22)15-16-13-11-10-12-14-16/h10-14,17H,15,22H2,1-9H3/t17-/m0/s1. The van der Waals surface area contributed by atoms with Crippen molar-refractivity contribution in [2.75, 3.05) is 0 Å². The predicted octanol–water partition coefficient (Wildman–Crippen LogP) is 5.45. The monoisotopic (exact) mass is 363 g/mol. The van der Waals surface area contributed by atoms with Crippen molar-refractivity contribution >= 4 is 14.3 Å². The van der Waals surface area contributed by atoms with Crippen molar-refractivity contribution in [1.82, 2.24) is 0 Å². The van der Waals surface area contributed by atoms with Crippen LogP contribution in [0.3, 0.4) is 0 Å². The van der Waals surface area contributed by atoms with Crippen molar-refractivity contribution in [3.8, 4) is 0 Å². The van der Waals surface area contributed by atoms with E-state index < -0.39 is 14.4 Å². The topological polar surface area (TPSA) is 52.3 Å². The second kappa shape index (κ2) is 7.24. The molecule has 4 heteroatoms. The van der Waals surface area contributed by atoms with Crippen molar-refractivity contribution in [2.45, 2.75) is 89.9 Å². The lowest BCUT2D eigenvalue weighted by Crippen LogP contribution is -2.63. The van der Waals surface area contributed by atoms with Crippen molar-refractivity contribution in [2.24, 2.45) is 5.73 Å². The molecule has 0 aliphatic carbocycles. The van der Waals surface area contributed by atoms with Crippen LogP contribution in [0.2, 0.25) is 15.1 Å². The van der Waals surface area contributed by atoms with Gasteiger partial charge in [-0.05, 0) is 27.1 Å². The molecule has 1 aromatic rings. The third kappa shape index (κ3) is 4.53. The summed E-state index contributed by atoms with van der Waals surface area (Å²) in [5, 5.41) is -0.317. The first kappa shape index (κ1) is 21.9. The number of rotatable bonds is 4. The van der Waals surface area contributed by atoms with Gasteiger partial charge in [-0.15, -0.1) is 0 Å². The highest BCUT2D eigenvalue weighted by Gasteiger charge is 2.64. The van der Waals surface area contributed by atoms with Gasteiger partial charge in [0.1, 0.15) is 6.04 Å². The molecule has 25 heavy (non-hydrogen) atoms. The zero-order valence-corrected chi connectivity index (χ0v) is 18.6. The van der Waals surface area contributed by atoms with Crippen LogP contribution in [0.25, 0.3) is 0 Å². The molecule has 2 N–H and O–H groups in total. The summed E-state index contributed by atoms with van der Waals surface area (Å²) in [6.45, 7) is 19.8. The van der Waals surface area contributed by atoms with E-state index in [1.807, 2.05) is 30.3 Å². The number of hydrogen-bond acceptors (Lipinski definition) is 3. The Hall–Kier alpha value is -1.13. The fraction of sp³-hybridized carbons (Fsp3) is 0.667. The smallest absolute Gasteiger partial charge is 0.310 e. The molecule has 0 amide bonds. The van der Waals surface area contributed by atoms with Crippen molar-refractivity contribution in [3.05, 3.63) is 35.9 Å². The Morgan fingerprint density at radius 1 is 0.920 bits per heavy atom. The average molecular weight is 364 g/mol. The van der Waals surface area contributed by atoms with E-state index >= 15 is 0 Å². The fourth-order valence-electron chi connectivity index (χ4n) is 5.01. The summed E-state index contributed by atoms with van der Waals surface area (Å²) in [7, 11) is -2.57. The molecule has 1 atom stereocenters. The molecule has 0 aliphatic rings. The Balaban J connectivity index is 3.19. The molecule has 0 bridgehead atoms. The molecule has 3 nitrogen and oxygen atoms in total. The van der Waals surface area contributed by atoms with Crippen LogP contribution >= 0.6 is 0 Å². The summed E-state index contributed by atoms with van der Waals surface area (Å²) in [5.74, 6) is -0.268. The van der Waals surface area contributed by atoms with E-state index in [2.05, 4.69) is 62.3 Å². The molecule has 0 heterocycles. The molecule has 0 aromatic heterocycles. The molecule has 0 aliphatic heterocycles. The van der Waals surface area contributed by atoms with Crippen molar-refractivity contribution in [3.63, 3.8) is 0 Å². The summed E-state index contributed by atoms with van der Waals surface area (Å²) < 4.78 is 6.44. The van der Waals surface area contributed by atoms with Crippen LogP contribution in [-0.4, -0.2) is 20.3 Å². The largest absolute Gasteiger partial charge is 0.516 e. The molecule has 0 saturated heterocycles. The van der Waals surface area contributed by atoms with E-state index in [-0.39, 0.29) is 21.1 Å². The molecule has 1 rings (SSSR count). The first-order valence-corrected chi connectivity index (χ1v) is 11.1. The number of nitrogens with two attached hydrogens (primary N) is 1. The zero-order valence-electron chi connectivity index (χ0n) is 17.6. The van der Waals surface area contributed by atoms with Crippen LogP contribution in [0, 0.1) is 0 Å². The molecule has 0 unspecified atom stereocenters. The van der Waals surface area contributed by atoms with Crippen LogP contribution < -0.4 is 5.73 Å². The lowest BCUT2D eigenvalue weighted by molar-refractivity contribution is -0.137. The van der Waals surface area contributed by atoms with Gasteiger partial charge in [0.15, 0.2) is 0 Å². The minimum Gasteiger partial charge on any atom is -0.516 e. The maximum absolute atomic E-state index is 13.0. The van der Waals surface area contributed by atoms with Crippen LogP contribution in [0.15, 0.2) is 30.3 Å². The molecule has 0 saturated carbocycles. The summed E-state index contributed by atoms with van der Waals surface area (Å²) >= 11 is 0. The van der Waals surface area contributed by atoms with Gasteiger partial charge in [-0.25, -0.2) is 0 Å². The van der Waals surface area contributed by atoms with E-state index in [1.165, 1.54) is 0 Å². The quantitative estimate of drug-likeness (QED) is 0.724. The summed E-state index contributed by atoms with van der Waals surface area (Å²) in [6, 6.07) is 9.24. The number of carbonyl (C=O) groups is 1. The lowest BCUT2D eigenvalue weighted by Gasteiger charge is -2.57. The highest BCUT2D eigenvalue weighted by Crippen LogP contribution is 2.62. The van der Waals surface area contributed by atoms with E-state index in [9.17, 15) is 4.79 Å². The highest BCUT2D eigenvalue weighted by atomic mass is 28.4. The number of hydrogen-bond donors (Lipinski definition) is 1. The van der Waals surface area contributed by atoms with Gasteiger partial charge in [-0.3, -0.25) is 4.79 Å². The van der Waals surface area contributed by atoms with Crippen LogP contribution in [0.1, 0.15) is 67.9 Å². The normalized spacial score (nSPS) is 15.0. The SMILES string of the molecule is CC(C)(C)[Si](OC(=O)[C@@H](N)Cc1ccccc1)(C(C)(C)C)C(C)(C)C. The van der Waals surface area contributed by atoms with Gasteiger partial charge in [0.05, 0.1) is 0 Å². The summed E-state index contributed by atoms with van der Waals surface area (Å²) in [6.07, 6.45) is 0.503. The molecule has 1 aromatic carbocycles. The molecule has 142 valence electrons. The van der Waals surface area contributed by atoms with Crippen LogP contribution in [0.4, 0.5) is 0 Å². The first-order chi connectivity index (χ1) is 11.1. The Morgan fingerprint density at radius 3 is 1.68 bits per heavy atom. The van der Waals surface area contributed by atoms with Crippen LogP contribution in [0.5, 0.6) is 0 Å². The maximum Gasteiger partial charge on any atom is 0.310 e. The predicted molar refractivity (Wildman–Crippen MR) is 109 cm³/mol. The van der Waals surface area contributed by atoms with Gasteiger partial charge in [-0.2, -0.15) is 0 Å². The minimum absolute atomic E-state index is 0.106. The van der Waals surface area contributed by atoms with E-state index in [0.29, 0.717) is 6.42 Å².